The van der Waals surface area contributed by atoms with Gasteiger partial charge in [-0.05, 0) is 13.0 Å². The zero-order chi connectivity index (χ0) is 11.3. The molecule has 6 heteroatoms. The molecule has 0 aromatic carbocycles. The first-order chi connectivity index (χ1) is 7.16. The van der Waals surface area contributed by atoms with E-state index in [9.17, 15) is 14.0 Å². The summed E-state index contributed by atoms with van der Waals surface area (Å²) in [6, 6.07) is 1.48. The highest BCUT2D eigenvalue weighted by Crippen LogP contribution is 2.02. The Morgan fingerprint density at radius 2 is 2.07 bits per heavy atom. The molecule has 0 aliphatic carbocycles. The van der Waals surface area contributed by atoms with Crippen LogP contribution in [-0.4, -0.2) is 34.5 Å². The van der Waals surface area contributed by atoms with Gasteiger partial charge in [0.1, 0.15) is 0 Å². The average Bonchev–Trinajstić information content (AvgIpc) is 2.28. The van der Waals surface area contributed by atoms with Gasteiger partial charge in [-0.25, -0.2) is 19.2 Å². The van der Waals surface area contributed by atoms with E-state index in [0.29, 0.717) is 0 Å². The Morgan fingerprint density at radius 1 is 1.47 bits per heavy atom. The summed E-state index contributed by atoms with van der Waals surface area (Å²) in [5.41, 5.74) is 0. The Labute approximate surface area is 85.3 Å². The lowest BCUT2D eigenvalue weighted by Gasteiger charge is -2.04. The minimum absolute atomic E-state index is 0.0161. The standard InChI is InChI=1S/C9H9FN2O3/c1-2-15-9(14)6(10)7(13)8-11-4-3-5-12-8/h3-6H,2H2,1H3. The van der Waals surface area contributed by atoms with Crippen LogP contribution in [0.15, 0.2) is 18.5 Å². The van der Waals surface area contributed by atoms with Gasteiger partial charge in [-0.15, -0.1) is 0 Å². The third kappa shape index (κ3) is 2.80. The third-order valence-corrected chi connectivity index (χ3v) is 1.51. The van der Waals surface area contributed by atoms with E-state index in [1.165, 1.54) is 25.4 Å². The first-order valence-corrected chi connectivity index (χ1v) is 4.28. The number of ether oxygens (including phenoxy) is 1. The molecule has 15 heavy (non-hydrogen) atoms. The van der Waals surface area contributed by atoms with Gasteiger partial charge in [-0.1, -0.05) is 0 Å². The van der Waals surface area contributed by atoms with Crippen molar-refractivity contribution in [2.24, 2.45) is 0 Å². The third-order valence-electron chi connectivity index (χ3n) is 1.51. The fourth-order valence-corrected chi connectivity index (χ4v) is 0.862. The Bertz CT molecular complexity index is 356. The number of carbonyl (C=O) groups is 2. The summed E-state index contributed by atoms with van der Waals surface area (Å²) in [6.45, 7) is 1.54. The van der Waals surface area contributed by atoms with E-state index in [1.807, 2.05) is 0 Å². The summed E-state index contributed by atoms with van der Waals surface area (Å²) in [6.07, 6.45) is 0.225. The molecule has 1 aromatic rings. The Hall–Kier alpha value is -1.85. The molecule has 0 spiro atoms. The van der Waals surface area contributed by atoms with Crippen molar-refractivity contribution in [1.82, 2.24) is 9.97 Å². The molecule has 1 heterocycles. The molecule has 0 aliphatic heterocycles. The largest absolute Gasteiger partial charge is 0.463 e. The van der Waals surface area contributed by atoms with E-state index >= 15 is 0 Å². The molecule has 1 atom stereocenters. The van der Waals surface area contributed by atoms with Crippen LogP contribution in [0.5, 0.6) is 0 Å². The van der Waals surface area contributed by atoms with Gasteiger partial charge in [-0.2, -0.15) is 0 Å². The van der Waals surface area contributed by atoms with Gasteiger partial charge in [0.2, 0.25) is 5.78 Å². The van der Waals surface area contributed by atoms with Crippen molar-refractivity contribution in [3.8, 4) is 0 Å². The van der Waals surface area contributed by atoms with Gasteiger partial charge in [0.15, 0.2) is 5.82 Å². The van der Waals surface area contributed by atoms with Crippen molar-refractivity contribution in [3.63, 3.8) is 0 Å². The van der Waals surface area contributed by atoms with Gasteiger partial charge >= 0.3 is 5.97 Å². The van der Waals surface area contributed by atoms with E-state index < -0.39 is 17.9 Å². The lowest BCUT2D eigenvalue weighted by atomic mass is 10.2. The molecular formula is C9H9FN2O3. The Balaban J connectivity index is 2.73. The highest BCUT2D eigenvalue weighted by atomic mass is 19.1. The summed E-state index contributed by atoms with van der Waals surface area (Å²) in [5, 5.41) is 0. The Kier molecular flexibility index (Phi) is 3.84. The van der Waals surface area contributed by atoms with Crippen molar-refractivity contribution in [2.75, 3.05) is 6.61 Å². The number of carbonyl (C=O) groups excluding carboxylic acids is 2. The molecule has 0 N–H and O–H groups in total. The van der Waals surface area contributed by atoms with Crippen molar-refractivity contribution in [3.05, 3.63) is 24.3 Å². The zero-order valence-electron chi connectivity index (χ0n) is 8.01. The van der Waals surface area contributed by atoms with E-state index in [1.54, 1.807) is 0 Å². The normalized spacial score (nSPS) is 11.9. The maximum Gasteiger partial charge on any atom is 0.349 e. The van der Waals surface area contributed by atoms with Crippen LogP contribution in [0.25, 0.3) is 0 Å². The first-order valence-electron chi connectivity index (χ1n) is 4.28. The molecule has 1 aromatic heterocycles. The van der Waals surface area contributed by atoms with Crippen LogP contribution < -0.4 is 0 Å². The summed E-state index contributed by atoms with van der Waals surface area (Å²) in [5.74, 6) is -2.64. The molecule has 0 aliphatic rings. The highest BCUT2D eigenvalue weighted by molar-refractivity contribution is 6.09. The van der Waals surface area contributed by atoms with Gasteiger partial charge < -0.3 is 4.74 Å². The summed E-state index contributed by atoms with van der Waals surface area (Å²) in [4.78, 5) is 29.2. The van der Waals surface area contributed by atoms with Crippen molar-refractivity contribution in [1.29, 1.82) is 0 Å². The second kappa shape index (κ2) is 5.14. The minimum atomic E-state index is -2.35. The topological polar surface area (TPSA) is 69.2 Å². The number of nitrogens with zero attached hydrogens (tertiary/aromatic N) is 2. The molecular weight excluding hydrogens is 203 g/mol. The van der Waals surface area contributed by atoms with E-state index in [-0.39, 0.29) is 12.4 Å². The second-order valence-electron chi connectivity index (χ2n) is 2.55. The number of halogens is 1. The number of rotatable bonds is 4. The zero-order valence-corrected chi connectivity index (χ0v) is 8.01. The molecule has 0 fully saturated rings. The molecule has 0 saturated heterocycles. The SMILES string of the molecule is CCOC(=O)C(F)C(=O)c1ncccn1. The molecule has 1 unspecified atom stereocenters. The van der Waals surface area contributed by atoms with E-state index in [2.05, 4.69) is 14.7 Å². The van der Waals surface area contributed by atoms with E-state index in [0.717, 1.165) is 0 Å². The molecule has 0 bridgehead atoms. The fraction of sp³-hybridized carbons (Fsp3) is 0.333. The van der Waals surface area contributed by atoms with Gasteiger partial charge in [0, 0.05) is 12.4 Å². The molecule has 0 amide bonds. The van der Waals surface area contributed by atoms with Crippen molar-refractivity contribution >= 4 is 11.8 Å². The number of hydrogen-bond acceptors (Lipinski definition) is 5. The van der Waals surface area contributed by atoms with Crippen LogP contribution >= 0.6 is 0 Å². The molecule has 0 saturated carbocycles. The molecule has 5 nitrogen and oxygen atoms in total. The molecule has 1 rings (SSSR count). The highest BCUT2D eigenvalue weighted by Gasteiger charge is 2.30. The van der Waals surface area contributed by atoms with Crippen molar-refractivity contribution < 1.29 is 18.7 Å². The number of Topliss-reactive ketones (excluding diaryl/α,β-unsaturated/α-hetero) is 1. The Morgan fingerprint density at radius 3 is 2.60 bits per heavy atom. The predicted molar refractivity (Wildman–Crippen MR) is 47.9 cm³/mol. The maximum absolute atomic E-state index is 13.2. The number of esters is 1. The van der Waals surface area contributed by atoms with Crippen molar-refractivity contribution in [2.45, 2.75) is 13.1 Å². The lowest BCUT2D eigenvalue weighted by molar-refractivity contribution is -0.147. The minimum Gasteiger partial charge on any atom is -0.463 e. The van der Waals surface area contributed by atoms with Gasteiger partial charge in [-0.3, -0.25) is 4.79 Å². The van der Waals surface area contributed by atoms with E-state index in [4.69, 9.17) is 0 Å². The number of alkyl halides is 1. The molecule has 0 radical (unpaired) electrons. The molecule has 80 valence electrons. The monoisotopic (exact) mass is 212 g/mol. The summed E-state index contributed by atoms with van der Waals surface area (Å²) >= 11 is 0. The summed E-state index contributed by atoms with van der Waals surface area (Å²) in [7, 11) is 0. The van der Waals surface area contributed by atoms with Gasteiger partial charge in [0.25, 0.3) is 6.17 Å². The fourth-order valence-electron chi connectivity index (χ4n) is 0.862. The van der Waals surface area contributed by atoms with Crippen LogP contribution in [0.3, 0.4) is 0 Å². The smallest absolute Gasteiger partial charge is 0.349 e. The quantitative estimate of drug-likeness (QED) is 0.414. The average molecular weight is 212 g/mol. The summed E-state index contributed by atoms with van der Waals surface area (Å²) < 4.78 is 17.5. The second-order valence-corrected chi connectivity index (χ2v) is 2.55. The maximum atomic E-state index is 13.2. The number of aromatic nitrogens is 2. The first kappa shape index (κ1) is 11.2. The van der Waals surface area contributed by atoms with Crippen LogP contribution in [0.1, 0.15) is 17.5 Å². The predicted octanol–water partition coefficient (Wildman–Crippen LogP) is 0.560. The van der Waals surface area contributed by atoms with Crippen LogP contribution in [-0.2, 0) is 9.53 Å². The van der Waals surface area contributed by atoms with Gasteiger partial charge in [0.05, 0.1) is 6.61 Å². The lowest BCUT2D eigenvalue weighted by Crippen LogP contribution is -2.29. The number of hydrogen-bond donors (Lipinski definition) is 0. The van der Waals surface area contributed by atoms with Crippen LogP contribution in [0.4, 0.5) is 4.39 Å². The number of ketones is 1. The van der Waals surface area contributed by atoms with Crippen LogP contribution in [0, 0.1) is 0 Å². The van der Waals surface area contributed by atoms with Crippen LogP contribution in [0.2, 0.25) is 0 Å².